The van der Waals surface area contributed by atoms with Crippen molar-refractivity contribution >= 4 is 0 Å². The number of hydrogen-bond donors (Lipinski definition) is 1. The summed E-state index contributed by atoms with van der Waals surface area (Å²) in [7, 11) is 0. The zero-order valence-electron chi connectivity index (χ0n) is 12.5. The lowest BCUT2D eigenvalue weighted by Crippen LogP contribution is -2.12. The molecule has 1 aromatic rings. The monoisotopic (exact) mass is 263 g/mol. The van der Waals surface area contributed by atoms with Gasteiger partial charge in [-0.05, 0) is 55.8 Å². The van der Waals surface area contributed by atoms with E-state index in [0.29, 0.717) is 5.92 Å². The summed E-state index contributed by atoms with van der Waals surface area (Å²) in [6, 6.07) is 8.44. The van der Waals surface area contributed by atoms with Crippen LogP contribution in [0.4, 0.5) is 0 Å². The van der Waals surface area contributed by atoms with E-state index in [9.17, 15) is 0 Å². The second-order valence-corrected chi connectivity index (χ2v) is 5.29. The summed E-state index contributed by atoms with van der Waals surface area (Å²) in [6.07, 6.45) is 7.09. The molecular formula is C17H29NO. The van der Waals surface area contributed by atoms with Crippen molar-refractivity contribution in [1.29, 1.82) is 0 Å². The molecule has 2 N–H and O–H groups in total. The van der Waals surface area contributed by atoms with Gasteiger partial charge in [-0.2, -0.15) is 0 Å². The molecule has 0 aliphatic rings. The Morgan fingerprint density at radius 2 is 1.89 bits per heavy atom. The zero-order chi connectivity index (χ0) is 13.9. The van der Waals surface area contributed by atoms with Crippen molar-refractivity contribution in [3.05, 3.63) is 29.8 Å². The first-order chi connectivity index (χ1) is 9.30. The Balaban J connectivity index is 2.46. The third-order valence-corrected chi connectivity index (χ3v) is 3.45. The summed E-state index contributed by atoms with van der Waals surface area (Å²) < 4.78 is 5.96. The van der Waals surface area contributed by atoms with E-state index in [4.69, 9.17) is 10.5 Å². The van der Waals surface area contributed by atoms with Crippen LogP contribution in [0.2, 0.25) is 0 Å². The van der Waals surface area contributed by atoms with Gasteiger partial charge in [0.25, 0.3) is 0 Å². The first-order valence-corrected chi connectivity index (χ1v) is 7.71. The lowest BCUT2D eigenvalue weighted by molar-refractivity contribution is 0.229. The van der Waals surface area contributed by atoms with E-state index in [2.05, 4.69) is 38.1 Å². The Morgan fingerprint density at radius 1 is 1.16 bits per heavy atom. The first kappa shape index (κ1) is 16.0. The largest absolute Gasteiger partial charge is 0.493 e. The van der Waals surface area contributed by atoms with E-state index >= 15 is 0 Å². The van der Waals surface area contributed by atoms with Crippen LogP contribution in [0.25, 0.3) is 0 Å². The molecule has 0 aromatic heterocycles. The molecule has 2 heteroatoms. The quantitative estimate of drug-likeness (QED) is 0.687. The SMILES string of the molecule is CCCC(CCC)COc1cccc(CCCN)c1. The van der Waals surface area contributed by atoms with Crippen LogP contribution in [0.15, 0.2) is 24.3 Å². The van der Waals surface area contributed by atoms with Crippen molar-refractivity contribution in [2.24, 2.45) is 11.7 Å². The highest BCUT2D eigenvalue weighted by Gasteiger charge is 2.07. The Kier molecular flexibility index (Phi) is 8.31. The molecule has 0 saturated heterocycles. The lowest BCUT2D eigenvalue weighted by atomic mass is 9.99. The van der Waals surface area contributed by atoms with Crippen molar-refractivity contribution in [2.45, 2.75) is 52.4 Å². The molecule has 108 valence electrons. The third-order valence-electron chi connectivity index (χ3n) is 3.45. The molecule has 19 heavy (non-hydrogen) atoms. The van der Waals surface area contributed by atoms with Crippen molar-refractivity contribution in [3.8, 4) is 5.75 Å². The Morgan fingerprint density at radius 3 is 2.53 bits per heavy atom. The number of rotatable bonds is 10. The van der Waals surface area contributed by atoms with E-state index < -0.39 is 0 Å². The average Bonchev–Trinajstić information content (AvgIpc) is 2.43. The third kappa shape index (κ3) is 6.63. The summed E-state index contributed by atoms with van der Waals surface area (Å²) in [5.41, 5.74) is 6.87. The summed E-state index contributed by atoms with van der Waals surface area (Å²) >= 11 is 0. The molecule has 0 atom stereocenters. The normalized spacial score (nSPS) is 10.9. The van der Waals surface area contributed by atoms with Gasteiger partial charge in [-0.25, -0.2) is 0 Å². The van der Waals surface area contributed by atoms with Crippen LogP contribution in [-0.4, -0.2) is 13.2 Å². The van der Waals surface area contributed by atoms with E-state index in [1.165, 1.54) is 31.2 Å². The van der Waals surface area contributed by atoms with Gasteiger partial charge < -0.3 is 10.5 Å². The van der Waals surface area contributed by atoms with Crippen LogP contribution in [0, 0.1) is 5.92 Å². The number of hydrogen-bond acceptors (Lipinski definition) is 2. The molecule has 0 aliphatic heterocycles. The topological polar surface area (TPSA) is 35.2 Å². The minimum atomic E-state index is 0.697. The minimum absolute atomic E-state index is 0.697. The predicted octanol–water partition coefficient (Wildman–Crippen LogP) is 4.17. The van der Waals surface area contributed by atoms with Crippen LogP contribution in [-0.2, 0) is 6.42 Å². The lowest BCUT2D eigenvalue weighted by Gasteiger charge is -2.16. The molecular weight excluding hydrogens is 234 g/mol. The summed E-state index contributed by atoms with van der Waals surface area (Å²) in [5.74, 6) is 1.70. The van der Waals surface area contributed by atoms with E-state index in [0.717, 1.165) is 31.7 Å². The fraction of sp³-hybridized carbons (Fsp3) is 0.647. The smallest absolute Gasteiger partial charge is 0.119 e. The second kappa shape index (κ2) is 9.85. The van der Waals surface area contributed by atoms with Gasteiger partial charge in [0.2, 0.25) is 0 Å². The fourth-order valence-electron chi connectivity index (χ4n) is 2.44. The van der Waals surface area contributed by atoms with Gasteiger partial charge in [0.05, 0.1) is 6.61 Å². The van der Waals surface area contributed by atoms with Gasteiger partial charge in [0.15, 0.2) is 0 Å². The van der Waals surface area contributed by atoms with Crippen molar-refractivity contribution < 1.29 is 4.74 Å². The molecule has 0 saturated carbocycles. The average molecular weight is 263 g/mol. The summed E-state index contributed by atoms with van der Waals surface area (Å²) in [5, 5.41) is 0. The van der Waals surface area contributed by atoms with Crippen molar-refractivity contribution in [1.82, 2.24) is 0 Å². The van der Waals surface area contributed by atoms with Crippen LogP contribution in [0.5, 0.6) is 5.75 Å². The maximum atomic E-state index is 5.96. The van der Waals surface area contributed by atoms with Crippen LogP contribution in [0.1, 0.15) is 51.5 Å². The van der Waals surface area contributed by atoms with E-state index in [1.807, 2.05) is 0 Å². The van der Waals surface area contributed by atoms with E-state index in [1.54, 1.807) is 0 Å². The Bertz CT molecular complexity index is 332. The predicted molar refractivity (Wildman–Crippen MR) is 82.6 cm³/mol. The molecule has 0 aliphatic carbocycles. The first-order valence-electron chi connectivity index (χ1n) is 7.71. The molecule has 0 heterocycles. The standard InChI is InChI=1S/C17H29NO/c1-3-7-16(8-4-2)14-19-17-11-5-9-15(13-17)10-6-12-18/h5,9,11,13,16H,3-4,6-8,10,12,14,18H2,1-2H3. The molecule has 0 amide bonds. The van der Waals surface area contributed by atoms with Gasteiger partial charge in [-0.15, -0.1) is 0 Å². The molecule has 0 bridgehead atoms. The molecule has 1 aromatic carbocycles. The Hall–Kier alpha value is -1.02. The second-order valence-electron chi connectivity index (χ2n) is 5.29. The Labute approximate surface area is 118 Å². The van der Waals surface area contributed by atoms with Crippen LogP contribution in [0.3, 0.4) is 0 Å². The molecule has 1 rings (SSSR count). The van der Waals surface area contributed by atoms with Gasteiger partial charge >= 0.3 is 0 Å². The maximum absolute atomic E-state index is 5.96. The highest BCUT2D eigenvalue weighted by atomic mass is 16.5. The highest BCUT2D eigenvalue weighted by molar-refractivity contribution is 5.28. The molecule has 0 fully saturated rings. The summed E-state index contributed by atoms with van der Waals surface area (Å²) in [6.45, 7) is 6.09. The molecule has 0 unspecified atom stereocenters. The number of ether oxygens (including phenoxy) is 1. The zero-order valence-corrected chi connectivity index (χ0v) is 12.5. The highest BCUT2D eigenvalue weighted by Crippen LogP contribution is 2.19. The molecule has 0 radical (unpaired) electrons. The number of nitrogens with two attached hydrogens (primary N) is 1. The molecule has 0 spiro atoms. The van der Waals surface area contributed by atoms with Crippen molar-refractivity contribution in [2.75, 3.05) is 13.2 Å². The number of benzene rings is 1. The minimum Gasteiger partial charge on any atom is -0.493 e. The van der Waals surface area contributed by atoms with Gasteiger partial charge in [-0.3, -0.25) is 0 Å². The van der Waals surface area contributed by atoms with Crippen LogP contribution < -0.4 is 10.5 Å². The van der Waals surface area contributed by atoms with Crippen LogP contribution >= 0.6 is 0 Å². The van der Waals surface area contributed by atoms with Crippen molar-refractivity contribution in [3.63, 3.8) is 0 Å². The number of aryl methyl sites for hydroxylation is 1. The fourth-order valence-corrected chi connectivity index (χ4v) is 2.44. The molecule has 2 nitrogen and oxygen atoms in total. The van der Waals surface area contributed by atoms with Gasteiger partial charge in [0, 0.05) is 0 Å². The van der Waals surface area contributed by atoms with Gasteiger partial charge in [-0.1, -0.05) is 38.8 Å². The maximum Gasteiger partial charge on any atom is 0.119 e. The summed E-state index contributed by atoms with van der Waals surface area (Å²) in [4.78, 5) is 0. The van der Waals surface area contributed by atoms with E-state index in [-0.39, 0.29) is 0 Å². The van der Waals surface area contributed by atoms with Gasteiger partial charge in [0.1, 0.15) is 5.75 Å².